The molecule has 0 spiro atoms. The van der Waals surface area contributed by atoms with Crippen LogP contribution in [0.5, 0.6) is 5.75 Å². The first-order valence-corrected chi connectivity index (χ1v) is 6.98. The maximum absolute atomic E-state index is 13.8. The number of nitrogens with two attached hydrogens (primary N) is 1. The minimum Gasteiger partial charge on any atom is -0.494 e. The topological polar surface area (TPSA) is 61.5 Å². The Bertz CT molecular complexity index is 428. The number of methoxy groups -OCH3 is 2. The second kappa shape index (κ2) is 8.01. The summed E-state index contributed by atoms with van der Waals surface area (Å²) in [5.74, 6) is 0.649. The third-order valence-corrected chi connectivity index (χ3v) is 3.64. The van der Waals surface area contributed by atoms with E-state index >= 15 is 0 Å². The SMILES string of the molecule is COC(=O)C(N)CCSCc1cccc(OC)c1F. The second-order valence-electron chi connectivity index (χ2n) is 3.90. The molecule has 0 saturated carbocycles. The molecule has 0 aliphatic rings. The normalized spacial score (nSPS) is 12.0. The standard InChI is InChI=1S/C13H18FNO3S/c1-17-11-5-3-4-9(12(11)14)8-19-7-6-10(15)13(16)18-2/h3-5,10H,6-8,15H2,1-2H3. The van der Waals surface area contributed by atoms with E-state index in [4.69, 9.17) is 10.5 Å². The molecule has 19 heavy (non-hydrogen) atoms. The number of thioether (sulfide) groups is 1. The van der Waals surface area contributed by atoms with Crippen LogP contribution < -0.4 is 10.5 Å². The fourth-order valence-corrected chi connectivity index (χ4v) is 2.49. The molecule has 6 heteroatoms. The number of hydrogen-bond donors (Lipinski definition) is 1. The summed E-state index contributed by atoms with van der Waals surface area (Å²) in [6, 6.07) is 4.42. The van der Waals surface area contributed by atoms with E-state index in [0.29, 0.717) is 23.5 Å². The number of halogens is 1. The predicted octanol–water partition coefficient (Wildman–Crippen LogP) is 1.96. The zero-order chi connectivity index (χ0) is 14.3. The number of carbonyl (C=O) groups is 1. The summed E-state index contributed by atoms with van der Waals surface area (Å²) in [5.41, 5.74) is 6.18. The van der Waals surface area contributed by atoms with Crippen LogP contribution in [0.25, 0.3) is 0 Å². The number of esters is 1. The third kappa shape index (κ3) is 4.72. The van der Waals surface area contributed by atoms with Crippen molar-refractivity contribution in [1.29, 1.82) is 0 Å². The average molecular weight is 287 g/mol. The van der Waals surface area contributed by atoms with Crippen molar-refractivity contribution in [2.24, 2.45) is 5.73 Å². The Morgan fingerprint density at radius 1 is 1.47 bits per heavy atom. The van der Waals surface area contributed by atoms with Crippen LogP contribution >= 0.6 is 11.8 Å². The van der Waals surface area contributed by atoms with Gasteiger partial charge in [-0.05, 0) is 18.2 Å². The molecule has 0 bridgehead atoms. The van der Waals surface area contributed by atoms with Gasteiger partial charge in [-0.25, -0.2) is 4.39 Å². The molecule has 1 aromatic rings. The first-order valence-electron chi connectivity index (χ1n) is 5.82. The largest absolute Gasteiger partial charge is 0.494 e. The summed E-state index contributed by atoms with van der Waals surface area (Å²) >= 11 is 1.51. The summed E-state index contributed by atoms with van der Waals surface area (Å²) in [7, 11) is 2.74. The monoisotopic (exact) mass is 287 g/mol. The Morgan fingerprint density at radius 3 is 2.84 bits per heavy atom. The van der Waals surface area contributed by atoms with E-state index in [0.717, 1.165) is 0 Å². The summed E-state index contributed by atoms with van der Waals surface area (Å²) in [5, 5.41) is 0. The van der Waals surface area contributed by atoms with Gasteiger partial charge in [-0.15, -0.1) is 0 Å². The quantitative estimate of drug-likeness (QED) is 0.613. The van der Waals surface area contributed by atoms with Crippen molar-refractivity contribution >= 4 is 17.7 Å². The van der Waals surface area contributed by atoms with Gasteiger partial charge in [0, 0.05) is 11.3 Å². The minimum atomic E-state index is -0.618. The van der Waals surface area contributed by atoms with Gasteiger partial charge in [-0.3, -0.25) is 4.79 Å². The summed E-state index contributed by atoms with van der Waals surface area (Å²) < 4.78 is 23.2. The lowest BCUT2D eigenvalue weighted by atomic mass is 10.2. The molecule has 0 fully saturated rings. The third-order valence-electron chi connectivity index (χ3n) is 2.60. The highest BCUT2D eigenvalue weighted by Crippen LogP contribution is 2.23. The molecule has 1 rings (SSSR count). The summed E-state index contributed by atoms with van der Waals surface area (Å²) in [6.07, 6.45) is 0.503. The maximum atomic E-state index is 13.8. The number of benzene rings is 1. The van der Waals surface area contributed by atoms with Gasteiger partial charge in [0.2, 0.25) is 0 Å². The van der Waals surface area contributed by atoms with E-state index < -0.39 is 12.0 Å². The molecule has 1 atom stereocenters. The predicted molar refractivity (Wildman–Crippen MR) is 73.7 cm³/mol. The highest BCUT2D eigenvalue weighted by molar-refractivity contribution is 7.98. The van der Waals surface area contributed by atoms with Gasteiger partial charge in [0.15, 0.2) is 11.6 Å². The van der Waals surface area contributed by atoms with E-state index in [-0.39, 0.29) is 11.6 Å². The molecule has 0 heterocycles. The second-order valence-corrected chi connectivity index (χ2v) is 5.01. The van der Waals surface area contributed by atoms with Crippen molar-refractivity contribution in [3.05, 3.63) is 29.6 Å². The van der Waals surface area contributed by atoms with Crippen molar-refractivity contribution in [3.8, 4) is 5.75 Å². The van der Waals surface area contributed by atoms with Crippen LogP contribution in [0.2, 0.25) is 0 Å². The van der Waals surface area contributed by atoms with E-state index in [1.807, 2.05) is 0 Å². The highest BCUT2D eigenvalue weighted by atomic mass is 32.2. The minimum absolute atomic E-state index is 0.240. The molecule has 0 radical (unpaired) electrons. The van der Waals surface area contributed by atoms with Crippen molar-refractivity contribution in [2.45, 2.75) is 18.2 Å². The van der Waals surface area contributed by atoms with E-state index in [9.17, 15) is 9.18 Å². The molecule has 0 aromatic heterocycles. The number of hydrogen-bond acceptors (Lipinski definition) is 5. The molecule has 2 N–H and O–H groups in total. The lowest BCUT2D eigenvalue weighted by Gasteiger charge is -2.09. The van der Waals surface area contributed by atoms with Gasteiger partial charge in [0.25, 0.3) is 0 Å². The fraction of sp³-hybridized carbons (Fsp3) is 0.462. The smallest absolute Gasteiger partial charge is 0.322 e. The molecule has 1 aromatic carbocycles. The van der Waals surface area contributed by atoms with Gasteiger partial charge in [-0.1, -0.05) is 12.1 Å². The van der Waals surface area contributed by atoms with Crippen molar-refractivity contribution in [2.75, 3.05) is 20.0 Å². The van der Waals surface area contributed by atoms with Crippen LogP contribution in [0.15, 0.2) is 18.2 Å². The molecule has 0 aliphatic carbocycles. The molecule has 0 saturated heterocycles. The van der Waals surface area contributed by atoms with Crippen LogP contribution in [-0.2, 0) is 15.3 Å². The maximum Gasteiger partial charge on any atom is 0.322 e. The Kier molecular flexibility index (Phi) is 6.66. The van der Waals surface area contributed by atoms with Gasteiger partial charge < -0.3 is 15.2 Å². The fourth-order valence-electron chi connectivity index (χ4n) is 1.49. The van der Waals surface area contributed by atoms with Gasteiger partial charge >= 0.3 is 5.97 Å². The Hall–Kier alpha value is -1.27. The van der Waals surface area contributed by atoms with E-state index in [2.05, 4.69) is 4.74 Å². The molecule has 106 valence electrons. The Balaban J connectivity index is 2.40. The van der Waals surface area contributed by atoms with Crippen LogP contribution in [0.4, 0.5) is 4.39 Å². The summed E-state index contributed by atoms with van der Waals surface area (Å²) in [4.78, 5) is 11.1. The Morgan fingerprint density at radius 2 is 2.21 bits per heavy atom. The van der Waals surface area contributed by atoms with Gasteiger partial charge in [0.05, 0.1) is 14.2 Å². The van der Waals surface area contributed by atoms with Crippen LogP contribution in [0.3, 0.4) is 0 Å². The van der Waals surface area contributed by atoms with Crippen LogP contribution in [-0.4, -0.2) is 32.0 Å². The van der Waals surface area contributed by atoms with E-state index in [1.54, 1.807) is 18.2 Å². The first-order chi connectivity index (χ1) is 9.10. The number of carbonyl (C=O) groups excluding carboxylic acids is 1. The zero-order valence-electron chi connectivity index (χ0n) is 11.0. The van der Waals surface area contributed by atoms with Crippen LogP contribution in [0, 0.1) is 5.82 Å². The summed E-state index contributed by atoms with van der Waals surface area (Å²) in [6.45, 7) is 0. The molecule has 1 unspecified atom stereocenters. The van der Waals surface area contributed by atoms with Crippen molar-refractivity contribution in [1.82, 2.24) is 0 Å². The number of ether oxygens (including phenoxy) is 2. The molecular formula is C13H18FNO3S. The van der Waals surface area contributed by atoms with Crippen molar-refractivity contribution < 1.29 is 18.7 Å². The van der Waals surface area contributed by atoms with Crippen LogP contribution in [0.1, 0.15) is 12.0 Å². The number of rotatable bonds is 7. The van der Waals surface area contributed by atoms with E-state index in [1.165, 1.54) is 26.0 Å². The molecular weight excluding hydrogens is 269 g/mol. The zero-order valence-corrected chi connectivity index (χ0v) is 11.8. The first kappa shape index (κ1) is 15.8. The molecule has 0 aliphatic heterocycles. The highest BCUT2D eigenvalue weighted by Gasteiger charge is 2.13. The molecule has 4 nitrogen and oxygen atoms in total. The molecule has 0 amide bonds. The van der Waals surface area contributed by atoms with Gasteiger partial charge in [0.1, 0.15) is 6.04 Å². The Labute approximate surface area is 116 Å². The average Bonchev–Trinajstić information content (AvgIpc) is 2.43. The van der Waals surface area contributed by atoms with Crippen molar-refractivity contribution in [3.63, 3.8) is 0 Å². The lowest BCUT2D eigenvalue weighted by molar-refractivity contribution is -0.142. The lowest BCUT2D eigenvalue weighted by Crippen LogP contribution is -2.31. The van der Waals surface area contributed by atoms with Gasteiger partial charge in [-0.2, -0.15) is 11.8 Å².